The highest BCUT2D eigenvalue weighted by molar-refractivity contribution is 7.90. The highest BCUT2D eigenvalue weighted by atomic mass is 32.2. The second kappa shape index (κ2) is 5.66. The summed E-state index contributed by atoms with van der Waals surface area (Å²) in [5.74, 6) is -0.661. The first-order valence-electron chi connectivity index (χ1n) is 6.20. The van der Waals surface area contributed by atoms with Crippen LogP contribution < -0.4 is 11.5 Å². The van der Waals surface area contributed by atoms with E-state index in [2.05, 4.69) is 4.98 Å². The first kappa shape index (κ1) is 15.2. The van der Waals surface area contributed by atoms with Crippen molar-refractivity contribution in [2.75, 3.05) is 0 Å². The van der Waals surface area contributed by atoms with E-state index >= 15 is 0 Å². The maximum atomic E-state index is 12.4. The molecule has 0 aliphatic carbocycles. The van der Waals surface area contributed by atoms with Crippen molar-refractivity contribution < 1.29 is 13.2 Å². The summed E-state index contributed by atoms with van der Waals surface area (Å²) in [6.45, 7) is 1.87. The molecule has 7 nitrogen and oxygen atoms in total. The molecule has 0 aliphatic heterocycles. The van der Waals surface area contributed by atoms with E-state index in [-0.39, 0.29) is 11.3 Å². The van der Waals surface area contributed by atoms with Crippen LogP contribution in [0.4, 0.5) is 0 Å². The van der Waals surface area contributed by atoms with Gasteiger partial charge in [0.05, 0.1) is 16.6 Å². The molecule has 1 heterocycles. The van der Waals surface area contributed by atoms with Crippen molar-refractivity contribution in [1.29, 1.82) is 0 Å². The molecule has 21 heavy (non-hydrogen) atoms. The topological polar surface area (TPSA) is 121 Å². The Kier molecular flexibility index (Phi) is 4.10. The van der Waals surface area contributed by atoms with Gasteiger partial charge in [0.15, 0.2) is 0 Å². The highest BCUT2D eigenvalue weighted by Gasteiger charge is 2.18. The van der Waals surface area contributed by atoms with Crippen LogP contribution in [-0.4, -0.2) is 29.3 Å². The summed E-state index contributed by atoms with van der Waals surface area (Å²) in [6.07, 6.45) is 2.60. The van der Waals surface area contributed by atoms with Crippen LogP contribution >= 0.6 is 0 Å². The number of aromatic nitrogens is 2. The SMILES string of the molecule is Cc1ccc(S(=O)(=O)n2cnc(C[C@H](N)C(N)=O)c2)cc1. The van der Waals surface area contributed by atoms with E-state index in [0.29, 0.717) is 5.69 Å². The predicted octanol–water partition coefficient (Wildman–Crippen LogP) is -0.216. The molecule has 1 aromatic heterocycles. The molecule has 8 heteroatoms. The average Bonchev–Trinajstić information content (AvgIpc) is 2.88. The van der Waals surface area contributed by atoms with Gasteiger partial charge in [-0.1, -0.05) is 17.7 Å². The van der Waals surface area contributed by atoms with Gasteiger partial charge < -0.3 is 11.5 Å². The summed E-state index contributed by atoms with van der Waals surface area (Å²) in [5, 5.41) is 0. The van der Waals surface area contributed by atoms with Gasteiger partial charge in [0.2, 0.25) is 5.91 Å². The van der Waals surface area contributed by atoms with Crippen LogP contribution in [0.25, 0.3) is 0 Å². The summed E-state index contributed by atoms with van der Waals surface area (Å²) in [5.41, 5.74) is 11.9. The zero-order valence-electron chi connectivity index (χ0n) is 11.4. The fourth-order valence-corrected chi connectivity index (χ4v) is 2.89. The molecule has 1 amide bonds. The van der Waals surface area contributed by atoms with Crippen LogP contribution in [0, 0.1) is 6.92 Å². The van der Waals surface area contributed by atoms with E-state index in [1.807, 2.05) is 6.92 Å². The Balaban J connectivity index is 2.28. The number of hydrogen-bond donors (Lipinski definition) is 2. The maximum absolute atomic E-state index is 12.4. The van der Waals surface area contributed by atoms with Crippen molar-refractivity contribution in [3.63, 3.8) is 0 Å². The summed E-state index contributed by atoms with van der Waals surface area (Å²) in [7, 11) is -3.69. The Morgan fingerprint density at radius 1 is 1.33 bits per heavy atom. The standard InChI is InChI=1S/C13H16N4O3S/c1-9-2-4-11(5-3-9)21(19,20)17-7-10(16-8-17)6-12(14)13(15)18/h2-5,7-8,12H,6,14H2,1H3,(H2,15,18)/t12-/m0/s1. The molecule has 0 radical (unpaired) electrons. The molecule has 0 fully saturated rings. The largest absolute Gasteiger partial charge is 0.368 e. The number of benzene rings is 1. The zero-order chi connectivity index (χ0) is 15.6. The van der Waals surface area contributed by atoms with Crippen molar-refractivity contribution in [1.82, 2.24) is 8.96 Å². The summed E-state index contributed by atoms with van der Waals surface area (Å²) in [4.78, 5) is 15.0. The van der Waals surface area contributed by atoms with Crippen LogP contribution in [-0.2, 0) is 21.2 Å². The van der Waals surface area contributed by atoms with Crippen LogP contribution in [0.2, 0.25) is 0 Å². The third-order valence-corrected chi connectivity index (χ3v) is 4.63. The Morgan fingerprint density at radius 3 is 2.52 bits per heavy atom. The number of aryl methyl sites for hydroxylation is 1. The molecule has 2 aromatic rings. The molecule has 112 valence electrons. The highest BCUT2D eigenvalue weighted by Crippen LogP contribution is 2.15. The monoisotopic (exact) mass is 308 g/mol. The van der Waals surface area contributed by atoms with E-state index in [1.54, 1.807) is 12.1 Å². The van der Waals surface area contributed by atoms with Crippen molar-refractivity contribution in [2.45, 2.75) is 24.3 Å². The third-order valence-electron chi connectivity index (χ3n) is 3.00. The molecule has 0 saturated carbocycles. The minimum absolute atomic E-state index is 0.0890. The number of carbonyl (C=O) groups excluding carboxylic acids is 1. The maximum Gasteiger partial charge on any atom is 0.268 e. The lowest BCUT2D eigenvalue weighted by Crippen LogP contribution is -2.38. The molecule has 0 spiro atoms. The van der Waals surface area contributed by atoms with Crippen LogP contribution in [0.3, 0.4) is 0 Å². The predicted molar refractivity (Wildman–Crippen MR) is 76.9 cm³/mol. The Labute approximate surface area is 122 Å². The molecule has 1 aromatic carbocycles. The molecule has 0 bridgehead atoms. The summed E-state index contributed by atoms with van der Waals surface area (Å²) >= 11 is 0. The van der Waals surface area contributed by atoms with Gasteiger partial charge in [0.1, 0.15) is 6.33 Å². The second-order valence-corrected chi connectivity index (χ2v) is 6.57. The number of hydrogen-bond acceptors (Lipinski definition) is 5. The Bertz CT molecular complexity index is 750. The number of nitrogens with zero attached hydrogens (tertiary/aromatic N) is 2. The normalized spacial score (nSPS) is 13.0. The van der Waals surface area contributed by atoms with Crippen molar-refractivity contribution >= 4 is 15.9 Å². The summed E-state index contributed by atoms with van der Waals surface area (Å²) < 4.78 is 25.8. The van der Waals surface area contributed by atoms with Crippen molar-refractivity contribution in [3.8, 4) is 0 Å². The molecule has 0 unspecified atom stereocenters. The number of primary amides is 1. The first-order chi connectivity index (χ1) is 9.80. The molecule has 1 atom stereocenters. The third kappa shape index (κ3) is 3.29. The minimum atomic E-state index is -3.69. The molecule has 0 aliphatic rings. The van der Waals surface area contributed by atoms with Crippen LogP contribution in [0.15, 0.2) is 41.7 Å². The molecule has 4 N–H and O–H groups in total. The molecular formula is C13H16N4O3S. The van der Waals surface area contributed by atoms with Gasteiger partial charge in [0.25, 0.3) is 10.0 Å². The Morgan fingerprint density at radius 2 is 1.95 bits per heavy atom. The van der Waals surface area contributed by atoms with Gasteiger partial charge in [-0.15, -0.1) is 0 Å². The van der Waals surface area contributed by atoms with Crippen molar-refractivity contribution in [3.05, 3.63) is 48.0 Å². The van der Waals surface area contributed by atoms with Gasteiger partial charge in [0, 0.05) is 12.6 Å². The summed E-state index contributed by atoms with van der Waals surface area (Å²) in [6, 6.07) is 5.59. The van der Waals surface area contributed by atoms with Gasteiger partial charge >= 0.3 is 0 Å². The van der Waals surface area contributed by atoms with Gasteiger partial charge in [-0.2, -0.15) is 0 Å². The average molecular weight is 308 g/mol. The fraction of sp³-hybridized carbons (Fsp3) is 0.231. The van der Waals surface area contributed by atoms with E-state index < -0.39 is 22.0 Å². The van der Waals surface area contributed by atoms with Crippen molar-refractivity contribution in [2.24, 2.45) is 11.5 Å². The van der Waals surface area contributed by atoms with Gasteiger partial charge in [-0.25, -0.2) is 17.4 Å². The van der Waals surface area contributed by atoms with Gasteiger partial charge in [-0.3, -0.25) is 4.79 Å². The van der Waals surface area contributed by atoms with E-state index in [1.165, 1.54) is 24.7 Å². The minimum Gasteiger partial charge on any atom is -0.368 e. The number of amides is 1. The lowest BCUT2D eigenvalue weighted by atomic mass is 10.2. The van der Waals surface area contributed by atoms with E-state index in [4.69, 9.17) is 11.5 Å². The fourth-order valence-electron chi connectivity index (χ4n) is 1.74. The van der Waals surface area contributed by atoms with E-state index in [0.717, 1.165) is 9.54 Å². The lowest BCUT2D eigenvalue weighted by Gasteiger charge is -2.05. The first-order valence-corrected chi connectivity index (χ1v) is 7.64. The number of nitrogens with two attached hydrogens (primary N) is 2. The molecular weight excluding hydrogens is 292 g/mol. The Hall–Kier alpha value is -2.19. The lowest BCUT2D eigenvalue weighted by molar-refractivity contribution is -0.119. The van der Waals surface area contributed by atoms with Crippen LogP contribution in [0.1, 0.15) is 11.3 Å². The number of rotatable bonds is 5. The van der Waals surface area contributed by atoms with Gasteiger partial charge in [-0.05, 0) is 19.1 Å². The molecule has 2 rings (SSSR count). The smallest absolute Gasteiger partial charge is 0.268 e. The van der Waals surface area contributed by atoms with E-state index in [9.17, 15) is 13.2 Å². The zero-order valence-corrected chi connectivity index (χ0v) is 12.2. The molecule has 0 saturated heterocycles. The second-order valence-electron chi connectivity index (χ2n) is 4.73. The van der Waals surface area contributed by atoms with Crippen LogP contribution in [0.5, 0.6) is 0 Å². The number of carbonyl (C=O) groups is 1. The quantitative estimate of drug-likeness (QED) is 0.791. The number of imidazole rings is 1.